The topological polar surface area (TPSA) is 56.7 Å². The van der Waals surface area contributed by atoms with Crippen LogP contribution in [0.3, 0.4) is 0 Å². The van der Waals surface area contributed by atoms with Crippen molar-refractivity contribution in [2.45, 2.75) is 79.9 Å². The molecule has 70 heavy (non-hydrogen) atoms. The minimum Gasteiger partial charge on any atom is -0.486 e. The second kappa shape index (κ2) is 19.0. The zero-order valence-electron chi connectivity index (χ0n) is 41.5. The summed E-state index contributed by atoms with van der Waals surface area (Å²) in [5.74, 6) is 1.14. The second-order valence-electron chi connectivity index (χ2n) is 20.5. The summed E-state index contributed by atoms with van der Waals surface area (Å²) in [5, 5.41) is 8.15. The monoisotopic (exact) mass is 1110 g/mol. The van der Waals surface area contributed by atoms with Gasteiger partial charge in [0.25, 0.3) is 0 Å². The second-order valence-corrected chi connectivity index (χ2v) is 25.5. The molecule has 0 fully saturated rings. The Morgan fingerprint density at radius 2 is 1.36 bits per heavy atom. The van der Waals surface area contributed by atoms with Crippen molar-refractivity contribution >= 4 is 67.9 Å². The van der Waals surface area contributed by atoms with Gasteiger partial charge in [-0.2, -0.15) is 0 Å². The molecule has 5 nitrogen and oxygen atoms in total. The average molecular weight is 1110 g/mol. The number of fused-ring (bicyclic) bond motifs is 9. The number of halogens is 1. The average Bonchev–Trinajstić information content (AvgIpc) is 3.92. The Labute approximate surface area is 425 Å². The molecule has 0 aliphatic rings. The van der Waals surface area contributed by atoms with Crippen LogP contribution in [0.1, 0.15) is 61.2 Å². The number of benzene rings is 7. The van der Waals surface area contributed by atoms with E-state index in [0.717, 1.165) is 84.2 Å². The number of aryl methyl sites for hydroxylation is 3. The first-order chi connectivity index (χ1) is 33.1. The molecule has 0 N–H and O–H groups in total. The van der Waals surface area contributed by atoms with E-state index in [1.54, 1.807) is 6.07 Å². The standard InChI is InChI=1S/C44H34N3O.C18H23FNSi.Ir/c1-26-22-23-35(41-37(26)34-24-25-36(45-43(34)48-41)44(4,5)29-16-7-6-8-17-29)42-46-38-32-20-11-9-18-30(32)31-19-10-12-21-33(31)40(38)47(42)39-27(2)14-13-15-28(39)3;1-13(2)10-15-11-17(14-6-8-16(19)9-7-14)20-12-18(15)21(3,4)5;/h6-22,24-25H,1-5H3;6,8-9,11-13H,10H2,1-5H3;/q2*-1;. The van der Waals surface area contributed by atoms with Gasteiger partial charge >= 0.3 is 0 Å². The Morgan fingerprint density at radius 3 is 2.01 bits per heavy atom. The van der Waals surface area contributed by atoms with E-state index in [-0.39, 0.29) is 31.3 Å². The van der Waals surface area contributed by atoms with Gasteiger partial charge in [0.15, 0.2) is 0 Å². The van der Waals surface area contributed by atoms with Gasteiger partial charge in [-0.25, -0.2) is 4.98 Å². The van der Waals surface area contributed by atoms with Crippen LogP contribution in [0.15, 0.2) is 150 Å². The third-order valence-electron chi connectivity index (χ3n) is 13.6. The predicted octanol–water partition coefficient (Wildman–Crippen LogP) is 15.8. The van der Waals surface area contributed by atoms with E-state index in [2.05, 4.69) is 205 Å². The van der Waals surface area contributed by atoms with Crippen LogP contribution in [0.4, 0.5) is 4.39 Å². The summed E-state index contributed by atoms with van der Waals surface area (Å²) in [7, 11) is -1.41. The number of hydrogen-bond donors (Lipinski definition) is 0. The Balaban J connectivity index is 0.000000234. The van der Waals surface area contributed by atoms with Crippen LogP contribution in [0.25, 0.3) is 83.0 Å². The van der Waals surface area contributed by atoms with Crippen LogP contribution in [0.5, 0.6) is 0 Å². The fraction of sp³-hybridized carbons (Fsp3) is 0.210. The molecule has 353 valence electrons. The van der Waals surface area contributed by atoms with Gasteiger partial charge in [0, 0.05) is 59.4 Å². The van der Waals surface area contributed by atoms with E-state index in [1.807, 2.05) is 12.3 Å². The van der Waals surface area contributed by atoms with Gasteiger partial charge in [-0.1, -0.05) is 174 Å². The third kappa shape index (κ3) is 8.71. The van der Waals surface area contributed by atoms with Crippen molar-refractivity contribution in [1.29, 1.82) is 0 Å². The van der Waals surface area contributed by atoms with Crippen LogP contribution >= 0.6 is 0 Å². The molecule has 4 aromatic heterocycles. The quantitative estimate of drug-likeness (QED) is 0.0864. The molecule has 0 spiro atoms. The fourth-order valence-electron chi connectivity index (χ4n) is 10.1. The number of pyridine rings is 2. The van der Waals surface area contributed by atoms with Crippen LogP contribution in [0, 0.1) is 44.6 Å². The van der Waals surface area contributed by atoms with Crippen LogP contribution in [-0.2, 0) is 31.9 Å². The third-order valence-corrected chi connectivity index (χ3v) is 15.7. The summed E-state index contributed by atoms with van der Waals surface area (Å²) < 4.78 is 22.2. The number of hydrogen-bond acceptors (Lipinski definition) is 4. The molecular weight excluding hydrogens is 1060 g/mol. The molecule has 0 bridgehead atoms. The smallest absolute Gasteiger partial charge is 0.216 e. The van der Waals surface area contributed by atoms with Gasteiger partial charge < -0.3 is 14.0 Å². The van der Waals surface area contributed by atoms with Crippen LogP contribution in [-0.4, -0.2) is 27.6 Å². The van der Waals surface area contributed by atoms with E-state index < -0.39 is 8.07 Å². The molecule has 0 saturated heterocycles. The molecule has 0 amide bonds. The Kier molecular flexibility index (Phi) is 13.1. The minimum absolute atomic E-state index is 0. The van der Waals surface area contributed by atoms with E-state index in [0.29, 0.717) is 11.6 Å². The van der Waals surface area contributed by atoms with Gasteiger partial charge in [-0.3, -0.25) is 9.37 Å². The number of imidazole rings is 1. The predicted molar refractivity (Wildman–Crippen MR) is 288 cm³/mol. The van der Waals surface area contributed by atoms with E-state index in [1.165, 1.54) is 50.3 Å². The molecule has 0 unspecified atom stereocenters. The van der Waals surface area contributed by atoms with Crippen molar-refractivity contribution in [2.75, 3.05) is 0 Å². The van der Waals surface area contributed by atoms with Gasteiger partial charge in [0.05, 0.1) is 36.2 Å². The van der Waals surface area contributed by atoms with Crippen LogP contribution < -0.4 is 5.19 Å². The van der Waals surface area contributed by atoms with Crippen LogP contribution in [0.2, 0.25) is 19.6 Å². The molecule has 0 saturated carbocycles. The van der Waals surface area contributed by atoms with Crippen molar-refractivity contribution in [3.05, 3.63) is 197 Å². The van der Waals surface area contributed by atoms with Crippen molar-refractivity contribution in [3.63, 3.8) is 0 Å². The first kappa shape index (κ1) is 48.4. The Hall–Kier alpha value is -6.57. The van der Waals surface area contributed by atoms with Gasteiger partial charge in [0.2, 0.25) is 5.71 Å². The number of para-hydroxylation sites is 1. The molecule has 0 aliphatic heterocycles. The van der Waals surface area contributed by atoms with E-state index >= 15 is 0 Å². The SMILES string of the molecule is CC(C)Cc1cc(-c2[c-]cc(F)cc2)ncc1[Si](C)(C)C.Cc1cccc(C)c1-n1c(-c2[c-]cc(C)c3c2oc2nc(C(C)(C)c4ccccc4)ccc23)nc2c3ccccc3c3ccccc3c21.[Ir]. The maximum absolute atomic E-state index is 13.0. The largest absolute Gasteiger partial charge is 0.486 e. The summed E-state index contributed by atoms with van der Waals surface area (Å²) >= 11 is 0. The van der Waals surface area contributed by atoms with Crippen molar-refractivity contribution in [3.8, 4) is 28.3 Å². The number of nitrogens with zero attached hydrogens (tertiary/aromatic N) is 4. The molecular formula is C62H57FIrN4OSi-2. The first-order valence-corrected chi connectivity index (χ1v) is 27.5. The van der Waals surface area contributed by atoms with E-state index in [9.17, 15) is 4.39 Å². The maximum Gasteiger partial charge on any atom is 0.216 e. The summed E-state index contributed by atoms with van der Waals surface area (Å²) in [5.41, 5.74) is 13.8. The van der Waals surface area contributed by atoms with E-state index in [4.69, 9.17) is 14.4 Å². The number of furan rings is 1. The Bertz CT molecular complexity index is 3720. The molecule has 11 aromatic rings. The molecule has 0 aliphatic carbocycles. The molecule has 11 rings (SSSR count). The Morgan fingerprint density at radius 1 is 0.700 bits per heavy atom. The number of aromatic nitrogens is 4. The zero-order chi connectivity index (χ0) is 48.4. The van der Waals surface area contributed by atoms with Crippen molar-refractivity contribution in [2.24, 2.45) is 5.92 Å². The molecule has 0 atom stereocenters. The number of rotatable bonds is 8. The summed E-state index contributed by atoms with van der Waals surface area (Å²) in [6, 6.07) is 54.0. The zero-order valence-corrected chi connectivity index (χ0v) is 44.9. The summed E-state index contributed by atoms with van der Waals surface area (Å²) in [6.45, 7) is 22.4. The van der Waals surface area contributed by atoms with Crippen molar-refractivity contribution < 1.29 is 28.9 Å². The molecule has 4 heterocycles. The first-order valence-electron chi connectivity index (χ1n) is 24.0. The fourth-order valence-corrected chi connectivity index (χ4v) is 11.7. The van der Waals surface area contributed by atoms with Gasteiger partial charge in [-0.15, -0.1) is 47.5 Å². The summed E-state index contributed by atoms with van der Waals surface area (Å²) in [4.78, 5) is 15.3. The molecule has 8 heteroatoms. The molecule has 1 radical (unpaired) electrons. The van der Waals surface area contributed by atoms with Crippen molar-refractivity contribution in [1.82, 2.24) is 19.5 Å². The van der Waals surface area contributed by atoms with Gasteiger partial charge in [0.1, 0.15) is 0 Å². The normalized spacial score (nSPS) is 12.0. The molecule has 7 aromatic carbocycles. The maximum atomic E-state index is 13.0. The summed E-state index contributed by atoms with van der Waals surface area (Å²) in [6.07, 6.45) is 3.08. The van der Waals surface area contributed by atoms with Gasteiger partial charge in [-0.05, 0) is 76.7 Å². The minimum atomic E-state index is -1.41.